The van der Waals surface area contributed by atoms with Crippen molar-refractivity contribution in [3.8, 4) is 11.1 Å². The first-order chi connectivity index (χ1) is 20.5. The lowest BCUT2D eigenvalue weighted by molar-refractivity contribution is 0.749. The van der Waals surface area contributed by atoms with Crippen LogP contribution in [0.15, 0.2) is 127 Å². The van der Waals surface area contributed by atoms with Gasteiger partial charge in [-0.3, -0.25) is 0 Å². The molecule has 1 heterocycles. The Morgan fingerprint density at radius 1 is 0.786 bits per heavy atom. The maximum atomic E-state index is 6.62. The summed E-state index contributed by atoms with van der Waals surface area (Å²) in [5, 5.41) is 6.39. The zero-order chi connectivity index (χ0) is 28.6. The highest BCUT2D eigenvalue weighted by Crippen LogP contribution is 2.42. The summed E-state index contributed by atoms with van der Waals surface area (Å²) in [6.07, 6.45) is 7.78. The van der Waals surface area contributed by atoms with Crippen LogP contribution in [0.2, 0.25) is 0 Å². The Kier molecular flexibility index (Phi) is 6.99. The Morgan fingerprint density at radius 2 is 1.60 bits per heavy atom. The zero-order valence-electron chi connectivity index (χ0n) is 24.0. The van der Waals surface area contributed by atoms with E-state index >= 15 is 0 Å². The Morgan fingerprint density at radius 3 is 2.43 bits per heavy atom. The minimum Gasteiger partial charge on any atom is -0.355 e. The molecule has 2 atom stereocenters. The van der Waals surface area contributed by atoms with Crippen molar-refractivity contribution >= 4 is 48.5 Å². The summed E-state index contributed by atoms with van der Waals surface area (Å²) in [4.78, 5) is 0. The highest BCUT2D eigenvalue weighted by Gasteiger charge is 2.17. The third-order valence-corrected chi connectivity index (χ3v) is 9.53. The number of fused-ring (bicyclic) bond motifs is 3. The molecule has 3 N–H and O–H groups in total. The lowest BCUT2D eigenvalue weighted by Gasteiger charge is -2.20. The lowest BCUT2D eigenvalue weighted by Crippen LogP contribution is -2.11. The first-order valence-corrected chi connectivity index (χ1v) is 15.5. The normalized spacial score (nSPS) is 15.6. The molecule has 3 heteroatoms. The molecule has 7 rings (SSSR count). The third-order valence-electron chi connectivity index (χ3n) is 8.31. The Labute approximate surface area is 251 Å². The molecule has 42 heavy (non-hydrogen) atoms. The summed E-state index contributed by atoms with van der Waals surface area (Å²) in [6, 6.07) is 39.1. The molecule has 1 aliphatic carbocycles. The largest absolute Gasteiger partial charge is 0.355 e. The van der Waals surface area contributed by atoms with E-state index in [2.05, 4.69) is 147 Å². The summed E-state index contributed by atoms with van der Waals surface area (Å²) in [5.41, 5.74) is 17.4. The van der Waals surface area contributed by atoms with E-state index in [4.69, 9.17) is 5.73 Å². The van der Waals surface area contributed by atoms with Crippen molar-refractivity contribution in [1.82, 2.24) is 0 Å². The molecule has 0 amide bonds. The van der Waals surface area contributed by atoms with E-state index in [0.29, 0.717) is 5.92 Å². The van der Waals surface area contributed by atoms with Gasteiger partial charge >= 0.3 is 0 Å². The summed E-state index contributed by atoms with van der Waals surface area (Å²) < 4.78 is 2.68. The van der Waals surface area contributed by atoms with Gasteiger partial charge in [-0.25, -0.2) is 0 Å². The molecule has 0 fully saturated rings. The van der Waals surface area contributed by atoms with Crippen LogP contribution in [0, 0.1) is 12.8 Å². The number of hydrogen-bond acceptors (Lipinski definition) is 3. The molecule has 0 saturated carbocycles. The van der Waals surface area contributed by atoms with Crippen molar-refractivity contribution in [2.45, 2.75) is 26.3 Å². The van der Waals surface area contributed by atoms with E-state index in [1.54, 1.807) is 0 Å². The van der Waals surface area contributed by atoms with Gasteiger partial charge in [0.2, 0.25) is 0 Å². The minimum atomic E-state index is -0.147. The number of nitrogens with two attached hydrogens (primary N) is 1. The molecule has 0 spiro atoms. The van der Waals surface area contributed by atoms with Gasteiger partial charge in [0.15, 0.2) is 0 Å². The fourth-order valence-corrected chi connectivity index (χ4v) is 7.33. The van der Waals surface area contributed by atoms with Crippen LogP contribution in [-0.4, -0.2) is 0 Å². The van der Waals surface area contributed by atoms with Crippen molar-refractivity contribution < 1.29 is 0 Å². The quantitative estimate of drug-likeness (QED) is 0.212. The van der Waals surface area contributed by atoms with E-state index in [1.807, 2.05) is 11.3 Å². The van der Waals surface area contributed by atoms with Gasteiger partial charge in [-0.1, -0.05) is 110 Å². The van der Waals surface area contributed by atoms with Gasteiger partial charge in [0.1, 0.15) is 0 Å². The minimum absolute atomic E-state index is 0.147. The van der Waals surface area contributed by atoms with Crippen LogP contribution in [0.1, 0.15) is 41.6 Å². The Hall–Kier alpha value is -4.44. The van der Waals surface area contributed by atoms with E-state index in [0.717, 1.165) is 28.9 Å². The number of thiophene rings is 1. The average Bonchev–Trinajstić information content (AvgIpc) is 3.40. The fraction of sp³-hybridized carbons (Fsp3) is 0.128. The van der Waals surface area contributed by atoms with E-state index in [-0.39, 0.29) is 6.04 Å². The number of benzene rings is 5. The summed E-state index contributed by atoms with van der Waals surface area (Å²) in [7, 11) is 0. The number of aryl methyl sites for hydroxylation is 1. The lowest BCUT2D eigenvalue weighted by atomic mass is 9.88. The fourth-order valence-electron chi connectivity index (χ4n) is 6.09. The van der Waals surface area contributed by atoms with Gasteiger partial charge in [0.25, 0.3) is 0 Å². The number of rotatable bonds is 6. The SMILES string of the molecule is Cc1cccc([C@@H](N)c2ccc(Nc3ccc(-c4cccc5c4sc4ccccc45)cc3C3=CC=CC(C)C3)cc2)c1. The molecule has 0 radical (unpaired) electrons. The van der Waals surface area contributed by atoms with Crippen LogP contribution in [-0.2, 0) is 0 Å². The smallest absolute Gasteiger partial charge is 0.0551 e. The number of anilines is 2. The second-order valence-electron chi connectivity index (χ2n) is 11.4. The maximum absolute atomic E-state index is 6.62. The maximum Gasteiger partial charge on any atom is 0.0551 e. The van der Waals surface area contributed by atoms with E-state index in [1.165, 1.54) is 48.0 Å². The van der Waals surface area contributed by atoms with Crippen molar-refractivity contribution in [1.29, 1.82) is 0 Å². The van der Waals surface area contributed by atoms with Gasteiger partial charge in [-0.2, -0.15) is 0 Å². The molecule has 1 aromatic heterocycles. The second kappa shape index (κ2) is 11.1. The third kappa shape index (κ3) is 5.07. The summed E-state index contributed by atoms with van der Waals surface area (Å²) in [6.45, 7) is 4.39. The average molecular weight is 563 g/mol. The first-order valence-electron chi connectivity index (χ1n) is 14.6. The van der Waals surface area contributed by atoms with E-state index < -0.39 is 0 Å². The van der Waals surface area contributed by atoms with E-state index in [9.17, 15) is 0 Å². The van der Waals surface area contributed by atoms with Crippen LogP contribution in [0.3, 0.4) is 0 Å². The first kappa shape index (κ1) is 26.5. The molecule has 6 aromatic rings. The van der Waals surface area contributed by atoms with Crippen molar-refractivity contribution in [3.63, 3.8) is 0 Å². The summed E-state index contributed by atoms with van der Waals surface area (Å²) >= 11 is 1.88. The molecule has 0 aliphatic heterocycles. The van der Waals surface area contributed by atoms with Crippen molar-refractivity contribution in [2.24, 2.45) is 11.7 Å². The Bertz CT molecular complexity index is 1980. The second-order valence-corrected chi connectivity index (χ2v) is 12.5. The van der Waals surface area contributed by atoms with Crippen LogP contribution in [0.4, 0.5) is 11.4 Å². The van der Waals surface area contributed by atoms with Gasteiger partial charge < -0.3 is 11.1 Å². The van der Waals surface area contributed by atoms with Crippen LogP contribution in [0.25, 0.3) is 36.9 Å². The van der Waals surface area contributed by atoms with Crippen molar-refractivity contribution in [3.05, 3.63) is 150 Å². The molecular formula is C39H34N2S. The van der Waals surface area contributed by atoms with Crippen LogP contribution >= 0.6 is 11.3 Å². The van der Waals surface area contributed by atoms with Crippen LogP contribution in [0.5, 0.6) is 0 Å². The highest BCUT2D eigenvalue weighted by molar-refractivity contribution is 7.26. The standard InChI is InChI=1S/C39H34N2S/c1-25-8-5-10-28(22-25)35-24-29(32-13-7-14-34-33-12-3-4-15-37(33)42-39(32)34)18-21-36(35)41-31-19-16-27(17-20-31)38(40)30-11-6-9-26(2)23-30/h3-21,23-25,38,41H,22,40H2,1-2H3/t25?,38-/m0/s1. The van der Waals surface area contributed by atoms with Gasteiger partial charge in [0.05, 0.1) is 6.04 Å². The molecule has 0 saturated heterocycles. The number of hydrogen-bond donors (Lipinski definition) is 2. The van der Waals surface area contributed by atoms with Gasteiger partial charge in [-0.15, -0.1) is 11.3 Å². The molecule has 1 unspecified atom stereocenters. The monoisotopic (exact) mass is 562 g/mol. The predicted molar refractivity (Wildman–Crippen MR) is 183 cm³/mol. The molecule has 0 bridgehead atoms. The molecule has 5 aromatic carbocycles. The highest BCUT2D eigenvalue weighted by atomic mass is 32.1. The molecule has 1 aliphatic rings. The molecule has 206 valence electrons. The zero-order valence-corrected chi connectivity index (χ0v) is 24.8. The van der Waals surface area contributed by atoms with Crippen molar-refractivity contribution in [2.75, 3.05) is 5.32 Å². The summed E-state index contributed by atoms with van der Waals surface area (Å²) in [5.74, 6) is 0.509. The predicted octanol–water partition coefficient (Wildman–Crippen LogP) is 10.8. The van der Waals surface area contributed by atoms with Gasteiger partial charge in [-0.05, 0) is 77.4 Å². The number of nitrogens with one attached hydrogen (secondary N) is 1. The van der Waals surface area contributed by atoms with Gasteiger partial charge in [0, 0.05) is 37.1 Å². The van der Waals surface area contributed by atoms with Crippen LogP contribution < -0.4 is 11.1 Å². The molecule has 2 nitrogen and oxygen atoms in total. The topological polar surface area (TPSA) is 38.0 Å². The molecular weight excluding hydrogens is 529 g/mol. The Balaban J connectivity index is 1.25. The number of allylic oxidation sites excluding steroid dienone is 4.